The van der Waals surface area contributed by atoms with E-state index in [4.69, 9.17) is 0 Å². The maximum Gasteiger partial charge on any atom is 0.228 e. The SMILES string of the molecule is CCN(Cc1csc(CC(=O)N(C)C)n1)CC(C)(C)O. The summed E-state index contributed by atoms with van der Waals surface area (Å²) in [6.07, 6.45) is 0.356. The quantitative estimate of drug-likeness (QED) is 0.826. The topological polar surface area (TPSA) is 56.7 Å². The van der Waals surface area contributed by atoms with Gasteiger partial charge in [-0.3, -0.25) is 9.69 Å². The van der Waals surface area contributed by atoms with Gasteiger partial charge in [-0.15, -0.1) is 11.3 Å². The highest BCUT2D eigenvalue weighted by atomic mass is 32.1. The van der Waals surface area contributed by atoms with Crippen LogP contribution in [0, 0.1) is 0 Å². The zero-order valence-corrected chi connectivity index (χ0v) is 13.8. The van der Waals surface area contributed by atoms with E-state index >= 15 is 0 Å². The average Bonchev–Trinajstić information content (AvgIpc) is 2.73. The third-order valence-electron chi connectivity index (χ3n) is 2.84. The normalized spacial score (nSPS) is 11.9. The van der Waals surface area contributed by atoms with E-state index in [9.17, 15) is 9.90 Å². The second-order valence-corrected chi connectivity index (χ2v) is 6.76. The summed E-state index contributed by atoms with van der Waals surface area (Å²) in [5.41, 5.74) is 0.248. The lowest BCUT2D eigenvalue weighted by atomic mass is 10.1. The molecule has 1 rings (SSSR count). The number of amides is 1. The molecule has 0 spiro atoms. The Morgan fingerprint density at radius 1 is 1.45 bits per heavy atom. The lowest BCUT2D eigenvalue weighted by Gasteiger charge is -2.27. The highest BCUT2D eigenvalue weighted by Gasteiger charge is 2.18. The Labute approximate surface area is 125 Å². The zero-order chi connectivity index (χ0) is 15.3. The summed E-state index contributed by atoms with van der Waals surface area (Å²) in [6.45, 7) is 7.83. The van der Waals surface area contributed by atoms with Gasteiger partial charge in [0.1, 0.15) is 5.01 Å². The summed E-state index contributed by atoms with van der Waals surface area (Å²) in [5.74, 6) is 0.0646. The number of hydrogen-bond acceptors (Lipinski definition) is 5. The van der Waals surface area contributed by atoms with Crippen molar-refractivity contribution >= 4 is 17.2 Å². The van der Waals surface area contributed by atoms with Crippen LogP contribution in [-0.2, 0) is 17.8 Å². The molecule has 0 atom stereocenters. The van der Waals surface area contributed by atoms with Gasteiger partial charge < -0.3 is 10.0 Å². The van der Waals surface area contributed by atoms with Crippen molar-refractivity contribution in [3.63, 3.8) is 0 Å². The van der Waals surface area contributed by atoms with Crippen LogP contribution in [-0.4, -0.2) is 58.6 Å². The number of thiazole rings is 1. The molecule has 0 radical (unpaired) electrons. The first-order valence-corrected chi connectivity index (χ1v) is 7.67. The van der Waals surface area contributed by atoms with E-state index in [0.29, 0.717) is 19.5 Å². The molecule has 0 saturated heterocycles. The molecule has 5 nitrogen and oxygen atoms in total. The lowest BCUT2D eigenvalue weighted by molar-refractivity contribution is -0.127. The van der Waals surface area contributed by atoms with Gasteiger partial charge in [-0.05, 0) is 20.4 Å². The van der Waals surface area contributed by atoms with Crippen LogP contribution in [0.15, 0.2) is 5.38 Å². The summed E-state index contributed by atoms with van der Waals surface area (Å²) in [7, 11) is 3.50. The van der Waals surface area contributed by atoms with Crippen molar-refractivity contribution in [2.45, 2.75) is 39.3 Å². The predicted octanol–water partition coefficient (Wildman–Crippen LogP) is 1.37. The number of aromatic nitrogens is 1. The summed E-state index contributed by atoms with van der Waals surface area (Å²) >= 11 is 1.52. The standard InChI is InChI=1S/C14H25N3O2S/c1-6-17(10-14(2,3)19)8-11-9-20-12(15-11)7-13(18)16(4)5/h9,19H,6-8,10H2,1-5H3. The van der Waals surface area contributed by atoms with E-state index in [-0.39, 0.29) is 5.91 Å². The van der Waals surface area contributed by atoms with Crippen LogP contribution in [0.25, 0.3) is 0 Å². The molecule has 1 heterocycles. The monoisotopic (exact) mass is 299 g/mol. The van der Waals surface area contributed by atoms with E-state index in [1.165, 1.54) is 11.3 Å². The molecule has 20 heavy (non-hydrogen) atoms. The van der Waals surface area contributed by atoms with Gasteiger partial charge in [0.25, 0.3) is 0 Å². The summed E-state index contributed by atoms with van der Waals surface area (Å²) < 4.78 is 0. The van der Waals surface area contributed by atoms with Crippen molar-refractivity contribution in [3.05, 3.63) is 16.1 Å². The smallest absolute Gasteiger partial charge is 0.228 e. The summed E-state index contributed by atoms with van der Waals surface area (Å²) in [5, 5.41) is 12.7. The van der Waals surface area contributed by atoms with Crippen LogP contribution in [0.1, 0.15) is 31.5 Å². The second-order valence-electron chi connectivity index (χ2n) is 5.81. The van der Waals surface area contributed by atoms with Crippen LogP contribution in [0.2, 0.25) is 0 Å². The van der Waals surface area contributed by atoms with Gasteiger partial charge in [-0.25, -0.2) is 4.98 Å². The first-order valence-electron chi connectivity index (χ1n) is 6.79. The first-order chi connectivity index (χ1) is 9.21. The molecule has 0 aliphatic heterocycles. The molecule has 6 heteroatoms. The van der Waals surface area contributed by atoms with E-state index in [1.54, 1.807) is 32.8 Å². The Kier molecular flexibility index (Phi) is 6.10. The third kappa shape index (κ3) is 5.98. The molecule has 114 valence electrons. The molecule has 0 fully saturated rings. The number of hydrogen-bond donors (Lipinski definition) is 1. The van der Waals surface area contributed by atoms with Crippen molar-refractivity contribution in [2.75, 3.05) is 27.2 Å². The van der Waals surface area contributed by atoms with Crippen LogP contribution >= 0.6 is 11.3 Å². The van der Waals surface area contributed by atoms with Gasteiger partial charge >= 0.3 is 0 Å². The van der Waals surface area contributed by atoms with Crippen LogP contribution in [0.3, 0.4) is 0 Å². The minimum atomic E-state index is -0.713. The predicted molar refractivity (Wildman–Crippen MR) is 81.8 cm³/mol. The maximum atomic E-state index is 11.6. The summed E-state index contributed by atoms with van der Waals surface area (Å²) in [4.78, 5) is 19.9. The van der Waals surface area contributed by atoms with Crippen molar-refractivity contribution in [1.29, 1.82) is 0 Å². The molecule has 0 aliphatic carbocycles. The van der Waals surface area contributed by atoms with E-state index < -0.39 is 5.60 Å². The minimum absolute atomic E-state index is 0.0646. The second kappa shape index (κ2) is 7.15. The lowest BCUT2D eigenvalue weighted by Crippen LogP contribution is -2.38. The Morgan fingerprint density at radius 3 is 2.60 bits per heavy atom. The van der Waals surface area contributed by atoms with Gasteiger partial charge in [0.15, 0.2) is 0 Å². The van der Waals surface area contributed by atoms with Crippen molar-refractivity contribution in [1.82, 2.24) is 14.8 Å². The Morgan fingerprint density at radius 2 is 2.10 bits per heavy atom. The average molecular weight is 299 g/mol. The molecule has 0 unspecified atom stereocenters. The number of nitrogens with zero attached hydrogens (tertiary/aromatic N) is 3. The van der Waals surface area contributed by atoms with Gasteiger partial charge in [-0.1, -0.05) is 6.92 Å². The van der Waals surface area contributed by atoms with Gasteiger partial charge in [0, 0.05) is 32.6 Å². The molecular formula is C14H25N3O2S. The molecule has 0 saturated carbocycles. The molecule has 0 aliphatic rings. The molecular weight excluding hydrogens is 274 g/mol. The van der Waals surface area contributed by atoms with Gasteiger partial charge in [-0.2, -0.15) is 0 Å². The Balaban J connectivity index is 2.60. The molecule has 1 N–H and O–H groups in total. The highest BCUT2D eigenvalue weighted by Crippen LogP contribution is 2.14. The minimum Gasteiger partial charge on any atom is -0.389 e. The summed E-state index contributed by atoms with van der Waals surface area (Å²) in [6, 6.07) is 0. The van der Waals surface area contributed by atoms with Gasteiger partial charge in [0.05, 0.1) is 17.7 Å². The fraction of sp³-hybridized carbons (Fsp3) is 0.714. The fourth-order valence-corrected chi connectivity index (χ4v) is 2.62. The first kappa shape index (κ1) is 17.1. The van der Waals surface area contributed by atoms with Gasteiger partial charge in [0.2, 0.25) is 5.91 Å². The number of likely N-dealkylation sites (N-methyl/N-ethyl adjacent to an activating group) is 2. The van der Waals surface area contributed by atoms with Crippen molar-refractivity contribution in [2.24, 2.45) is 0 Å². The van der Waals surface area contributed by atoms with E-state index in [2.05, 4.69) is 16.8 Å². The number of carbonyl (C=O) groups excluding carboxylic acids is 1. The maximum absolute atomic E-state index is 11.6. The number of rotatable bonds is 7. The van der Waals surface area contributed by atoms with Crippen LogP contribution < -0.4 is 0 Å². The zero-order valence-electron chi connectivity index (χ0n) is 13.0. The molecule has 1 aromatic heterocycles. The van der Waals surface area contributed by atoms with Crippen LogP contribution in [0.4, 0.5) is 0 Å². The number of carbonyl (C=O) groups is 1. The molecule has 0 aromatic carbocycles. The Bertz CT molecular complexity index is 438. The highest BCUT2D eigenvalue weighted by molar-refractivity contribution is 7.09. The van der Waals surface area contributed by atoms with Crippen LogP contribution in [0.5, 0.6) is 0 Å². The van der Waals surface area contributed by atoms with E-state index in [0.717, 1.165) is 17.2 Å². The fourth-order valence-electron chi connectivity index (χ4n) is 1.85. The van der Waals surface area contributed by atoms with E-state index in [1.807, 2.05) is 5.38 Å². The molecule has 1 amide bonds. The molecule has 0 bridgehead atoms. The van der Waals surface area contributed by atoms with Crippen molar-refractivity contribution in [3.8, 4) is 0 Å². The molecule has 1 aromatic rings. The van der Waals surface area contributed by atoms with Crippen molar-refractivity contribution < 1.29 is 9.90 Å². The largest absolute Gasteiger partial charge is 0.389 e. The number of aliphatic hydroxyl groups is 1. The third-order valence-corrected chi connectivity index (χ3v) is 3.74. The Hall–Kier alpha value is -0.980.